The fraction of sp³-hybridized carbons (Fsp3) is 0.188. The van der Waals surface area contributed by atoms with E-state index >= 15 is 0 Å². The van der Waals surface area contributed by atoms with E-state index < -0.39 is 0 Å². The van der Waals surface area contributed by atoms with Gasteiger partial charge in [-0.3, -0.25) is 4.79 Å². The molecule has 0 saturated carbocycles. The second kappa shape index (κ2) is 6.96. The molecule has 0 bridgehead atoms. The Labute approximate surface area is 123 Å². The largest absolute Gasteiger partial charge is 0.489 e. The Bertz CT molecular complexity index is 599. The number of rotatable bonds is 5. The van der Waals surface area contributed by atoms with Crippen LogP contribution in [0.5, 0.6) is 5.75 Å². The van der Waals surface area contributed by atoms with Gasteiger partial charge in [-0.05, 0) is 31.2 Å². The highest BCUT2D eigenvalue weighted by Gasteiger charge is 2.06. The molecule has 0 aromatic heterocycles. The van der Waals surface area contributed by atoms with Crippen LogP contribution in [-0.4, -0.2) is 12.5 Å². The van der Waals surface area contributed by atoms with Crippen LogP contribution < -0.4 is 10.1 Å². The van der Waals surface area contributed by atoms with Crippen molar-refractivity contribution in [3.8, 4) is 5.75 Å². The van der Waals surface area contributed by atoms with Crippen LogP contribution in [0, 0.1) is 0 Å². The van der Waals surface area contributed by atoms with Crippen molar-refractivity contribution >= 4 is 17.5 Å². The second-order valence-corrected chi connectivity index (χ2v) is 4.67. The predicted octanol–water partition coefficient (Wildman–Crippen LogP) is 3.67. The van der Waals surface area contributed by atoms with Gasteiger partial charge in [-0.25, -0.2) is 0 Å². The summed E-state index contributed by atoms with van der Waals surface area (Å²) in [6, 6.07) is 14.6. The van der Waals surface area contributed by atoms with Crippen LogP contribution in [0.1, 0.15) is 22.8 Å². The van der Waals surface area contributed by atoms with Crippen LogP contribution in [0.25, 0.3) is 0 Å². The predicted molar refractivity (Wildman–Crippen MR) is 80.2 cm³/mol. The van der Waals surface area contributed by atoms with E-state index in [1.165, 1.54) is 0 Å². The van der Waals surface area contributed by atoms with E-state index in [0.717, 1.165) is 5.56 Å². The van der Waals surface area contributed by atoms with Gasteiger partial charge in [0.15, 0.2) is 0 Å². The Kier molecular flexibility index (Phi) is 5.02. The molecule has 0 radical (unpaired) electrons. The summed E-state index contributed by atoms with van der Waals surface area (Å²) >= 11 is 6.07. The first-order valence-electron chi connectivity index (χ1n) is 6.45. The zero-order chi connectivity index (χ0) is 14.4. The number of benzene rings is 2. The van der Waals surface area contributed by atoms with Gasteiger partial charge in [0.1, 0.15) is 12.4 Å². The lowest BCUT2D eigenvalue weighted by Crippen LogP contribution is -2.22. The van der Waals surface area contributed by atoms with Gasteiger partial charge in [0, 0.05) is 22.7 Å². The van der Waals surface area contributed by atoms with Gasteiger partial charge in [0.2, 0.25) is 0 Å². The van der Waals surface area contributed by atoms with Gasteiger partial charge in [-0.1, -0.05) is 35.9 Å². The summed E-state index contributed by atoms with van der Waals surface area (Å²) in [5, 5.41) is 3.43. The zero-order valence-electron chi connectivity index (χ0n) is 11.2. The van der Waals surface area contributed by atoms with E-state index in [1.54, 1.807) is 18.2 Å². The summed E-state index contributed by atoms with van der Waals surface area (Å²) in [7, 11) is 0. The van der Waals surface area contributed by atoms with Gasteiger partial charge in [0.25, 0.3) is 5.91 Å². The molecule has 0 aliphatic carbocycles. The Hall–Kier alpha value is -2.00. The van der Waals surface area contributed by atoms with E-state index in [2.05, 4.69) is 5.32 Å². The van der Waals surface area contributed by atoms with Crippen LogP contribution in [-0.2, 0) is 6.61 Å². The van der Waals surface area contributed by atoms with Crippen LogP contribution >= 0.6 is 11.6 Å². The lowest BCUT2D eigenvalue weighted by molar-refractivity contribution is 0.0955. The molecule has 0 fully saturated rings. The highest BCUT2D eigenvalue weighted by molar-refractivity contribution is 6.31. The van der Waals surface area contributed by atoms with Crippen molar-refractivity contribution in [2.24, 2.45) is 0 Å². The number of hydrogen-bond acceptors (Lipinski definition) is 2. The maximum absolute atomic E-state index is 11.7. The lowest BCUT2D eigenvalue weighted by Gasteiger charge is -2.09. The molecule has 0 aliphatic rings. The van der Waals surface area contributed by atoms with Crippen molar-refractivity contribution in [3.63, 3.8) is 0 Å². The molecule has 0 atom stereocenters. The minimum Gasteiger partial charge on any atom is -0.489 e. The zero-order valence-corrected chi connectivity index (χ0v) is 12.0. The molecule has 0 saturated heterocycles. The van der Waals surface area contributed by atoms with Gasteiger partial charge < -0.3 is 10.1 Å². The molecule has 0 aliphatic heterocycles. The van der Waals surface area contributed by atoms with Crippen LogP contribution in [0.3, 0.4) is 0 Å². The normalized spacial score (nSPS) is 10.1. The van der Waals surface area contributed by atoms with Crippen molar-refractivity contribution in [1.82, 2.24) is 5.32 Å². The van der Waals surface area contributed by atoms with E-state index in [0.29, 0.717) is 29.5 Å². The molecule has 2 aromatic rings. The summed E-state index contributed by atoms with van der Waals surface area (Å²) in [5.41, 5.74) is 1.50. The maximum Gasteiger partial charge on any atom is 0.251 e. The molecular formula is C16H16ClNO2. The van der Waals surface area contributed by atoms with Gasteiger partial charge in [-0.15, -0.1) is 0 Å². The van der Waals surface area contributed by atoms with Crippen LogP contribution in [0.4, 0.5) is 0 Å². The van der Waals surface area contributed by atoms with E-state index in [4.69, 9.17) is 16.3 Å². The molecule has 20 heavy (non-hydrogen) atoms. The fourth-order valence-electron chi connectivity index (χ4n) is 1.77. The maximum atomic E-state index is 11.7. The topological polar surface area (TPSA) is 38.3 Å². The average molecular weight is 290 g/mol. The lowest BCUT2D eigenvalue weighted by atomic mass is 10.2. The molecule has 1 N–H and O–H groups in total. The highest BCUT2D eigenvalue weighted by Crippen LogP contribution is 2.19. The SMILES string of the molecule is CCNC(=O)c1cccc(OCc2ccccc2Cl)c1. The van der Waals surface area contributed by atoms with Crippen molar-refractivity contribution in [2.75, 3.05) is 6.54 Å². The second-order valence-electron chi connectivity index (χ2n) is 4.27. The number of carbonyl (C=O) groups is 1. The quantitative estimate of drug-likeness (QED) is 0.912. The van der Waals surface area contributed by atoms with Crippen molar-refractivity contribution in [2.45, 2.75) is 13.5 Å². The number of carbonyl (C=O) groups excluding carboxylic acids is 1. The Morgan fingerprint density at radius 3 is 2.75 bits per heavy atom. The van der Waals surface area contributed by atoms with E-state index in [-0.39, 0.29) is 5.91 Å². The average Bonchev–Trinajstić information content (AvgIpc) is 2.47. The molecule has 0 heterocycles. The first-order valence-corrected chi connectivity index (χ1v) is 6.83. The third-order valence-electron chi connectivity index (χ3n) is 2.79. The summed E-state index contributed by atoms with van der Waals surface area (Å²) < 4.78 is 5.68. The molecule has 0 spiro atoms. The van der Waals surface area contributed by atoms with Crippen molar-refractivity contribution in [3.05, 3.63) is 64.7 Å². The molecule has 1 amide bonds. The Morgan fingerprint density at radius 1 is 1.20 bits per heavy atom. The Balaban J connectivity index is 2.05. The number of nitrogens with one attached hydrogen (secondary N) is 1. The standard InChI is InChI=1S/C16H16ClNO2/c1-2-18-16(19)12-7-5-8-14(10-12)20-11-13-6-3-4-9-15(13)17/h3-10H,2,11H2,1H3,(H,18,19). The first kappa shape index (κ1) is 14.4. The summed E-state index contributed by atoms with van der Waals surface area (Å²) in [6.07, 6.45) is 0. The summed E-state index contributed by atoms with van der Waals surface area (Å²) in [5.74, 6) is 0.546. The highest BCUT2D eigenvalue weighted by atomic mass is 35.5. The Morgan fingerprint density at radius 2 is 2.00 bits per heavy atom. The number of halogens is 1. The smallest absolute Gasteiger partial charge is 0.251 e. The minimum atomic E-state index is -0.101. The van der Waals surface area contributed by atoms with E-state index in [9.17, 15) is 4.79 Å². The number of ether oxygens (including phenoxy) is 1. The van der Waals surface area contributed by atoms with Gasteiger partial charge in [0.05, 0.1) is 0 Å². The van der Waals surface area contributed by atoms with E-state index in [1.807, 2.05) is 37.3 Å². The van der Waals surface area contributed by atoms with Gasteiger partial charge >= 0.3 is 0 Å². The van der Waals surface area contributed by atoms with Gasteiger partial charge in [-0.2, -0.15) is 0 Å². The van der Waals surface area contributed by atoms with Crippen LogP contribution in [0.2, 0.25) is 5.02 Å². The monoisotopic (exact) mass is 289 g/mol. The molecule has 104 valence electrons. The third-order valence-corrected chi connectivity index (χ3v) is 3.15. The molecule has 0 unspecified atom stereocenters. The fourth-order valence-corrected chi connectivity index (χ4v) is 1.96. The van der Waals surface area contributed by atoms with Crippen molar-refractivity contribution < 1.29 is 9.53 Å². The third kappa shape index (κ3) is 3.75. The molecule has 2 aromatic carbocycles. The summed E-state index contributed by atoms with van der Waals surface area (Å²) in [6.45, 7) is 2.86. The van der Waals surface area contributed by atoms with Crippen molar-refractivity contribution in [1.29, 1.82) is 0 Å². The van der Waals surface area contributed by atoms with Crippen LogP contribution in [0.15, 0.2) is 48.5 Å². The minimum absolute atomic E-state index is 0.101. The summed E-state index contributed by atoms with van der Waals surface area (Å²) in [4.78, 5) is 11.7. The molecule has 3 nitrogen and oxygen atoms in total. The molecular weight excluding hydrogens is 274 g/mol. The molecule has 4 heteroatoms. The first-order chi connectivity index (χ1) is 9.70. The number of hydrogen-bond donors (Lipinski definition) is 1. The molecule has 2 rings (SSSR count). The number of amides is 1.